The van der Waals surface area contributed by atoms with Gasteiger partial charge in [0.25, 0.3) is 5.69 Å². The number of nitrogens with zero attached hydrogens (tertiary/aromatic N) is 3. The largest absolute Gasteiger partial charge is 0.274 e. The van der Waals surface area contributed by atoms with E-state index in [0.29, 0.717) is 17.8 Å². The van der Waals surface area contributed by atoms with Crippen molar-refractivity contribution in [3.05, 3.63) is 87.1 Å². The van der Waals surface area contributed by atoms with E-state index in [2.05, 4.69) is 4.99 Å². The highest BCUT2D eigenvalue weighted by molar-refractivity contribution is 8.15. The van der Waals surface area contributed by atoms with Crippen LogP contribution in [0.4, 0.5) is 17.1 Å². The molecule has 3 heterocycles. The first kappa shape index (κ1) is 20.6. The molecule has 2 aliphatic rings. The third-order valence-corrected chi connectivity index (χ3v) is 7.91. The van der Waals surface area contributed by atoms with Crippen LogP contribution in [0.25, 0.3) is 0 Å². The van der Waals surface area contributed by atoms with E-state index in [1.165, 1.54) is 28.8 Å². The van der Waals surface area contributed by atoms with Crippen molar-refractivity contribution in [2.75, 3.05) is 4.90 Å². The minimum Gasteiger partial charge on any atom is -0.274 e. The number of carbonyl (C=O) groups excluding carboxylic acids is 2. The highest BCUT2D eigenvalue weighted by atomic mass is 32.2. The average Bonchev–Trinajstić information content (AvgIpc) is 3.42. The molecule has 2 aromatic carbocycles. The first-order valence-electron chi connectivity index (χ1n) is 9.98. The lowest BCUT2D eigenvalue weighted by Gasteiger charge is -2.30. The lowest BCUT2D eigenvalue weighted by atomic mass is 9.86. The zero-order chi connectivity index (χ0) is 22.2. The molecule has 160 valence electrons. The highest BCUT2D eigenvalue weighted by Gasteiger charge is 2.55. The Balaban J connectivity index is 1.51. The molecule has 0 radical (unpaired) electrons. The van der Waals surface area contributed by atoms with Crippen LogP contribution < -0.4 is 4.90 Å². The molecule has 2 fully saturated rings. The number of imide groups is 1. The number of para-hydroxylation sites is 1. The number of aliphatic imine (C=N–C) groups is 1. The summed E-state index contributed by atoms with van der Waals surface area (Å²) in [4.78, 5) is 44.2. The number of nitro benzene ring substituents is 1. The minimum atomic E-state index is -0.555. The lowest BCUT2D eigenvalue weighted by Crippen LogP contribution is -2.33. The van der Waals surface area contributed by atoms with Crippen LogP contribution in [0.2, 0.25) is 0 Å². The van der Waals surface area contributed by atoms with Gasteiger partial charge in [-0.25, -0.2) is 9.89 Å². The van der Waals surface area contributed by atoms with Crippen molar-refractivity contribution in [3.8, 4) is 0 Å². The first-order chi connectivity index (χ1) is 15.5. The van der Waals surface area contributed by atoms with E-state index in [1.54, 1.807) is 35.6 Å². The fourth-order valence-electron chi connectivity index (χ4n) is 4.16. The highest BCUT2D eigenvalue weighted by Crippen LogP contribution is 2.49. The van der Waals surface area contributed by atoms with Crippen LogP contribution in [-0.4, -0.2) is 27.0 Å². The number of carbonyl (C=O) groups is 2. The predicted molar refractivity (Wildman–Crippen MR) is 126 cm³/mol. The van der Waals surface area contributed by atoms with Gasteiger partial charge in [0.1, 0.15) is 5.25 Å². The molecular weight excluding hydrogens is 446 g/mol. The Bertz CT molecular complexity index is 1210. The summed E-state index contributed by atoms with van der Waals surface area (Å²) >= 11 is 2.90. The van der Waals surface area contributed by atoms with Gasteiger partial charge in [-0.15, -0.1) is 11.3 Å². The maximum Gasteiger partial charge on any atom is 0.269 e. The number of nitro groups is 1. The Kier molecular flexibility index (Phi) is 5.36. The van der Waals surface area contributed by atoms with Crippen molar-refractivity contribution in [2.24, 2.45) is 10.9 Å². The molecule has 0 saturated carbocycles. The van der Waals surface area contributed by atoms with Gasteiger partial charge in [-0.05, 0) is 35.7 Å². The topological polar surface area (TPSA) is 92.9 Å². The molecule has 5 rings (SSSR count). The van der Waals surface area contributed by atoms with Crippen molar-refractivity contribution in [1.82, 2.24) is 0 Å². The summed E-state index contributed by atoms with van der Waals surface area (Å²) in [5.74, 6) is -1.01. The van der Waals surface area contributed by atoms with Gasteiger partial charge in [-0.3, -0.25) is 19.7 Å². The number of fused-ring (bicyclic) bond motifs is 1. The second-order valence-corrected chi connectivity index (χ2v) is 9.71. The van der Waals surface area contributed by atoms with Crippen LogP contribution in [0.5, 0.6) is 0 Å². The zero-order valence-corrected chi connectivity index (χ0v) is 18.3. The monoisotopic (exact) mass is 463 g/mol. The van der Waals surface area contributed by atoms with Crippen LogP contribution >= 0.6 is 23.1 Å². The summed E-state index contributed by atoms with van der Waals surface area (Å²) in [6.45, 7) is 0. The molecule has 2 aliphatic heterocycles. The number of benzene rings is 2. The van der Waals surface area contributed by atoms with E-state index in [-0.39, 0.29) is 23.4 Å². The second-order valence-electron chi connectivity index (χ2n) is 7.52. The molecule has 0 bridgehead atoms. The third-order valence-electron chi connectivity index (χ3n) is 5.62. The van der Waals surface area contributed by atoms with Crippen molar-refractivity contribution < 1.29 is 14.5 Å². The molecule has 0 spiro atoms. The maximum absolute atomic E-state index is 13.4. The second kappa shape index (κ2) is 8.33. The Morgan fingerprint density at radius 1 is 0.969 bits per heavy atom. The molecule has 3 atom stereocenters. The van der Waals surface area contributed by atoms with Gasteiger partial charge >= 0.3 is 0 Å². The Morgan fingerprint density at radius 3 is 2.38 bits per heavy atom. The van der Waals surface area contributed by atoms with Gasteiger partial charge in [-0.1, -0.05) is 36.0 Å². The molecule has 2 amide bonds. The van der Waals surface area contributed by atoms with Crippen molar-refractivity contribution in [2.45, 2.75) is 17.6 Å². The van der Waals surface area contributed by atoms with Crippen molar-refractivity contribution in [3.63, 3.8) is 0 Å². The standard InChI is InChI=1S/C23H17N3O4S2/c27-22-20-17(18-7-4-12-31-18)13-19(24-14-8-10-16(11-9-14)26(29)30)32-21(20)23(28)25(22)15-5-2-1-3-6-15/h1-12,17,20-21H,13H2. The maximum atomic E-state index is 13.4. The summed E-state index contributed by atoms with van der Waals surface area (Å²) in [7, 11) is 0. The summed E-state index contributed by atoms with van der Waals surface area (Å²) in [6.07, 6.45) is 0.533. The number of anilines is 1. The van der Waals surface area contributed by atoms with Gasteiger partial charge in [0.2, 0.25) is 11.8 Å². The summed E-state index contributed by atoms with van der Waals surface area (Å²) in [5, 5.41) is 13.1. The Labute approximate surface area is 191 Å². The van der Waals surface area contributed by atoms with Crippen LogP contribution in [0, 0.1) is 16.0 Å². The zero-order valence-electron chi connectivity index (χ0n) is 16.7. The number of non-ortho nitro benzene ring substituents is 1. The molecule has 2 saturated heterocycles. The molecule has 3 unspecified atom stereocenters. The average molecular weight is 464 g/mol. The number of thiophene rings is 1. The van der Waals surface area contributed by atoms with Gasteiger partial charge < -0.3 is 0 Å². The molecule has 0 N–H and O–H groups in total. The number of hydrogen-bond acceptors (Lipinski definition) is 7. The molecule has 9 heteroatoms. The van der Waals surface area contributed by atoms with Gasteiger partial charge in [0.15, 0.2) is 0 Å². The molecule has 3 aromatic rings. The van der Waals surface area contributed by atoms with Gasteiger partial charge in [-0.2, -0.15) is 0 Å². The third kappa shape index (κ3) is 3.63. The fraction of sp³-hybridized carbons (Fsp3) is 0.174. The fourth-order valence-corrected chi connectivity index (χ4v) is 6.42. The number of hydrogen-bond donors (Lipinski definition) is 0. The predicted octanol–water partition coefficient (Wildman–Crippen LogP) is 5.17. The molecule has 32 heavy (non-hydrogen) atoms. The van der Waals surface area contributed by atoms with E-state index < -0.39 is 16.1 Å². The van der Waals surface area contributed by atoms with E-state index in [4.69, 9.17) is 0 Å². The Hall–Kier alpha value is -3.30. The van der Waals surface area contributed by atoms with Crippen molar-refractivity contribution >= 4 is 57.0 Å². The minimum absolute atomic E-state index is 0.00292. The lowest BCUT2D eigenvalue weighted by molar-refractivity contribution is -0.384. The molecular formula is C23H17N3O4S2. The quantitative estimate of drug-likeness (QED) is 0.302. The SMILES string of the molecule is O=C1C2SC(=Nc3ccc([N+](=O)[O-])cc3)CC(c3cccs3)C2C(=O)N1c1ccccc1. The number of rotatable bonds is 4. The van der Waals surface area contributed by atoms with Crippen LogP contribution in [-0.2, 0) is 9.59 Å². The van der Waals surface area contributed by atoms with Crippen LogP contribution in [0.3, 0.4) is 0 Å². The molecule has 0 aliphatic carbocycles. The summed E-state index contributed by atoms with van der Waals surface area (Å²) < 4.78 is 0. The first-order valence-corrected chi connectivity index (χ1v) is 11.7. The van der Waals surface area contributed by atoms with E-state index in [1.807, 2.05) is 35.7 Å². The summed E-state index contributed by atoms with van der Waals surface area (Å²) in [5.41, 5.74) is 1.16. The molecule has 1 aromatic heterocycles. The smallest absolute Gasteiger partial charge is 0.269 e. The number of amides is 2. The van der Waals surface area contributed by atoms with Crippen molar-refractivity contribution in [1.29, 1.82) is 0 Å². The normalized spacial score (nSPS) is 24.1. The van der Waals surface area contributed by atoms with Gasteiger partial charge in [0, 0.05) is 29.3 Å². The van der Waals surface area contributed by atoms with Gasteiger partial charge in [0.05, 0.1) is 27.3 Å². The van der Waals surface area contributed by atoms with Crippen LogP contribution in [0.15, 0.2) is 77.1 Å². The summed E-state index contributed by atoms with van der Waals surface area (Å²) in [6, 6.07) is 18.9. The van der Waals surface area contributed by atoms with Crippen LogP contribution in [0.1, 0.15) is 17.2 Å². The van der Waals surface area contributed by atoms with E-state index in [0.717, 1.165) is 9.92 Å². The van der Waals surface area contributed by atoms with E-state index in [9.17, 15) is 19.7 Å². The Morgan fingerprint density at radius 2 is 1.72 bits per heavy atom. The number of thioether (sulfide) groups is 1. The molecule has 7 nitrogen and oxygen atoms in total. The van der Waals surface area contributed by atoms with E-state index >= 15 is 0 Å².